The van der Waals surface area contributed by atoms with Crippen molar-refractivity contribution in [2.75, 3.05) is 18.0 Å². The van der Waals surface area contributed by atoms with Crippen LogP contribution < -0.4 is 15.8 Å². The number of urea groups is 1. The minimum absolute atomic E-state index is 0.228. The van der Waals surface area contributed by atoms with Gasteiger partial charge in [-0.15, -0.1) is 0 Å². The van der Waals surface area contributed by atoms with Gasteiger partial charge < -0.3 is 4.90 Å². The van der Waals surface area contributed by atoms with Gasteiger partial charge in [0.25, 0.3) is 0 Å². The van der Waals surface area contributed by atoms with E-state index in [1.54, 1.807) is 6.07 Å². The summed E-state index contributed by atoms with van der Waals surface area (Å²) in [5.41, 5.74) is 10.5. The van der Waals surface area contributed by atoms with E-state index < -0.39 is 5.82 Å². The number of carbonyl (C=O) groups is 2. The number of hydrogen-bond acceptors (Lipinski definition) is 3. The largest absolute Gasteiger partial charge is 0.342 e. The summed E-state index contributed by atoms with van der Waals surface area (Å²) < 4.78 is 15.3. The Bertz CT molecular complexity index is 1120. The molecule has 0 radical (unpaired) electrons. The predicted molar refractivity (Wildman–Crippen MR) is 124 cm³/mol. The van der Waals surface area contributed by atoms with Crippen molar-refractivity contribution in [3.8, 4) is 11.1 Å². The number of carbonyl (C=O) groups excluding carboxylic acids is 2. The number of likely N-dealkylation sites (tertiary alicyclic amines) is 1. The maximum absolute atomic E-state index is 15.3. The number of nitrogens with zero attached hydrogens (tertiary/aromatic N) is 2. The minimum atomic E-state index is -0.409. The van der Waals surface area contributed by atoms with E-state index in [2.05, 4.69) is 29.1 Å². The fourth-order valence-corrected chi connectivity index (χ4v) is 5.62. The number of anilines is 1. The van der Waals surface area contributed by atoms with Crippen LogP contribution >= 0.6 is 0 Å². The second-order valence-corrected chi connectivity index (χ2v) is 9.91. The Morgan fingerprint density at radius 2 is 1.82 bits per heavy atom. The molecule has 2 aromatic carbocycles. The number of benzene rings is 2. The molecule has 3 fully saturated rings. The van der Waals surface area contributed by atoms with E-state index in [1.165, 1.54) is 28.5 Å². The van der Waals surface area contributed by atoms with E-state index in [0.29, 0.717) is 6.42 Å². The molecule has 7 heteroatoms. The SMILES string of the molecule is O=C(C1CC1)N1CCC(CC2NNC(=O)N2c2ccc(-c3ccc4c(c3)CCC4)cc2F)C1. The molecule has 2 aliphatic carbocycles. The molecule has 2 aromatic rings. The molecule has 172 valence electrons. The molecule has 2 unspecified atom stereocenters. The smallest absolute Gasteiger partial charge is 0.337 e. The minimum Gasteiger partial charge on any atom is -0.342 e. The molecule has 2 heterocycles. The maximum Gasteiger partial charge on any atom is 0.337 e. The van der Waals surface area contributed by atoms with Crippen molar-refractivity contribution in [2.24, 2.45) is 11.8 Å². The fraction of sp³-hybridized carbons (Fsp3) is 0.462. The molecule has 1 saturated carbocycles. The summed E-state index contributed by atoms with van der Waals surface area (Å²) in [5, 5.41) is 0. The summed E-state index contributed by atoms with van der Waals surface area (Å²) in [5.74, 6) is 0.380. The normalized spacial score (nSPS) is 24.3. The molecule has 6 nitrogen and oxygen atoms in total. The highest BCUT2D eigenvalue weighted by Gasteiger charge is 2.40. The van der Waals surface area contributed by atoms with Gasteiger partial charge in [0.15, 0.2) is 0 Å². The molecule has 2 aliphatic heterocycles. The van der Waals surface area contributed by atoms with E-state index in [1.807, 2.05) is 11.0 Å². The van der Waals surface area contributed by atoms with E-state index in [0.717, 1.165) is 56.3 Å². The van der Waals surface area contributed by atoms with Gasteiger partial charge in [0.05, 0.1) is 5.69 Å². The first-order valence-electron chi connectivity index (χ1n) is 12.1. The van der Waals surface area contributed by atoms with Crippen LogP contribution in [0.1, 0.15) is 43.2 Å². The van der Waals surface area contributed by atoms with Gasteiger partial charge in [-0.05, 0) is 85.3 Å². The van der Waals surface area contributed by atoms with Crippen molar-refractivity contribution in [2.45, 2.75) is 51.1 Å². The van der Waals surface area contributed by atoms with E-state index in [9.17, 15) is 9.59 Å². The average Bonchev–Trinajstić information content (AvgIpc) is 3.21. The highest BCUT2D eigenvalue weighted by molar-refractivity contribution is 5.94. The van der Waals surface area contributed by atoms with Crippen molar-refractivity contribution in [3.63, 3.8) is 0 Å². The van der Waals surface area contributed by atoms with Crippen LogP contribution in [0.15, 0.2) is 36.4 Å². The standard InChI is InChI=1S/C26H29FN4O2/c27-22-14-21(20-7-4-17-2-1-3-19(17)13-20)8-9-23(22)31-24(28-29-26(31)33)12-16-10-11-30(15-16)25(32)18-5-6-18/h4,7-9,13-14,16,18,24,28H,1-3,5-6,10-12,15H2,(H,29,33). The zero-order chi connectivity index (χ0) is 22.5. The van der Waals surface area contributed by atoms with Gasteiger partial charge >= 0.3 is 6.03 Å². The lowest BCUT2D eigenvalue weighted by molar-refractivity contribution is -0.131. The van der Waals surface area contributed by atoms with E-state index in [-0.39, 0.29) is 35.6 Å². The molecule has 2 atom stereocenters. The summed E-state index contributed by atoms with van der Waals surface area (Å²) >= 11 is 0. The zero-order valence-electron chi connectivity index (χ0n) is 18.6. The van der Waals surface area contributed by atoms with Crippen molar-refractivity contribution >= 4 is 17.6 Å². The molecular weight excluding hydrogens is 419 g/mol. The molecule has 4 aliphatic rings. The molecule has 2 saturated heterocycles. The number of nitrogens with one attached hydrogen (secondary N) is 2. The molecule has 0 spiro atoms. The van der Waals surface area contributed by atoms with Crippen molar-refractivity contribution in [1.82, 2.24) is 15.8 Å². The summed E-state index contributed by atoms with van der Waals surface area (Å²) in [6, 6.07) is 11.1. The molecular formula is C26H29FN4O2. The van der Waals surface area contributed by atoms with Crippen LogP contribution in [0.5, 0.6) is 0 Å². The Labute approximate surface area is 193 Å². The van der Waals surface area contributed by atoms with Crippen LogP contribution in [0.2, 0.25) is 0 Å². The number of hydrazine groups is 1. The van der Waals surface area contributed by atoms with Crippen LogP contribution in [-0.2, 0) is 17.6 Å². The van der Waals surface area contributed by atoms with Gasteiger partial charge in [0.2, 0.25) is 5.91 Å². The Hall–Kier alpha value is -2.93. The first kappa shape index (κ1) is 20.7. The zero-order valence-corrected chi connectivity index (χ0v) is 18.6. The average molecular weight is 449 g/mol. The monoisotopic (exact) mass is 448 g/mol. The lowest BCUT2D eigenvalue weighted by atomic mass is 9.99. The number of fused-ring (bicyclic) bond motifs is 1. The van der Waals surface area contributed by atoms with Crippen molar-refractivity contribution < 1.29 is 14.0 Å². The van der Waals surface area contributed by atoms with Gasteiger partial charge in [-0.1, -0.05) is 24.3 Å². The first-order chi connectivity index (χ1) is 16.1. The highest BCUT2D eigenvalue weighted by atomic mass is 19.1. The Kier molecular flexibility index (Phi) is 5.09. The van der Waals surface area contributed by atoms with Gasteiger partial charge in [-0.25, -0.2) is 14.6 Å². The molecule has 33 heavy (non-hydrogen) atoms. The molecule has 0 bridgehead atoms. The third-order valence-corrected chi connectivity index (χ3v) is 7.60. The van der Waals surface area contributed by atoms with Crippen LogP contribution in [0.25, 0.3) is 11.1 Å². The number of hydrogen-bond donors (Lipinski definition) is 2. The third kappa shape index (κ3) is 3.88. The first-order valence-corrected chi connectivity index (χ1v) is 12.1. The Morgan fingerprint density at radius 1 is 1.03 bits per heavy atom. The van der Waals surface area contributed by atoms with Gasteiger partial charge in [0, 0.05) is 19.0 Å². The Balaban J connectivity index is 1.18. The van der Waals surface area contributed by atoms with Gasteiger partial charge in [-0.2, -0.15) is 0 Å². The molecule has 6 rings (SSSR count). The second kappa shape index (κ2) is 8.13. The van der Waals surface area contributed by atoms with Crippen molar-refractivity contribution in [1.29, 1.82) is 0 Å². The highest BCUT2D eigenvalue weighted by Crippen LogP contribution is 2.35. The maximum atomic E-state index is 15.3. The second-order valence-electron chi connectivity index (χ2n) is 9.91. The molecule has 3 amide bonds. The topological polar surface area (TPSA) is 64.7 Å². The van der Waals surface area contributed by atoms with Crippen LogP contribution in [-0.4, -0.2) is 36.1 Å². The lowest BCUT2D eigenvalue weighted by Crippen LogP contribution is -2.40. The number of halogens is 1. The third-order valence-electron chi connectivity index (χ3n) is 7.60. The summed E-state index contributed by atoms with van der Waals surface area (Å²) in [4.78, 5) is 28.4. The number of aryl methyl sites for hydroxylation is 2. The summed E-state index contributed by atoms with van der Waals surface area (Å²) in [6.45, 7) is 1.49. The van der Waals surface area contributed by atoms with Gasteiger partial charge in [-0.3, -0.25) is 15.1 Å². The van der Waals surface area contributed by atoms with Crippen LogP contribution in [0.3, 0.4) is 0 Å². The molecule has 2 N–H and O–H groups in total. The van der Waals surface area contributed by atoms with Crippen LogP contribution in [0, 0.1) is 17.7 Å². The lowest BCUT2D eigenvalue weighted by Gasteiger charge is -2.25. The predicted octanol–water partition coefficient (Wildman–Crippen LogP) is 3.99. The van der Waals surface area contributed by atoms with E-state index >= 15 is 4.39 Å². The summed E-state index contributed by atoms with van der Waals surface area (Å²) in [7, 11) is 0. The quantitative estimate of drug-likeness (QED) is 0.727. The van der Waals surface area contributed by atoms with E-state index in [4.69, 9.17) is 0 Å². The van der Waals surface area contributed by atoms with Crippen molar-refractivity contribution in [3.05, 3.63) is 53.3 Å². The summed E-state index contributed by atoms with van der Waals surface area (Å²) in [6.07, 6.45) is 6.63. The number of rotatable bonds is 5. The molecule has 0 aromatic heterocycles. The van der Waals surface area contributed by atoms with Gasteiger partial charge in [0.1, 0.15) is 12.0 Å². The van der Waals surface area contributed by atoms with Crippen LogP contribution in [0.4, 0.5) is 14.9 Å². The number of amides is 3. The Morgan fingerprint density at radius 3 is 2.64 bits per heavy atom. The fourth-order valence-electron chi connectivity index (χ4n) is 5.62.